The summed E-state index contributed by atoms with van der Waals surface area (Å²) in [6.07, 6.45) is 7.52. The lowest BCUT2D eigenvalue weighted by molar-refractivity contribution is 1.10. The molecule has 9 aromatic carbocycles. The van der Waals surface area contributed by atoms with Gasteiger partial charge in [0, 0.05) is 0 Å². The molecule has 0 nitrogen and oxygen atoms in total. The minimum absolute atomic E-state index is 0.925. The van der Waals surface area contributed by atoms with Crippen molar-refractivity contribution in [3.05, 3.63) is 319 Å². The van der Waals surface area contributed by atoms with E-state index in [9.17, 15) is 0 Å². The first-order chi connectivity index (χ1) is 31.4. The lowest BCUT2D eigenvalue weighted by Crippen LogP contribution is -1.97. The van der Waals surface area contributed by atoms with Gasteiger partial charge in [-0.2, -0.15) is 0 Å². The summed E-state index contributed by atoms with van der Waals surface area (Å²) in [5, 5.41) is 0. The number of hydrogen-bond donors (Lipinski definition) is 0. The van der Waals surface area contributed by atoms with E-state index in [4.69, 9.17) is 0 Å². The molecule has 314 valence electrons. The van der Waals surface area contributed by atoms with Crippen LogP contribution in [0.3, 0.4) is 0 Å². The minimum atomic E-state index is 0.925. The lowest BCUT2D eigenvalue weighted by Gasteiger charge is -2.11. The van der Waals surface area contributed by atoms with Crippen LogP contribution in [0.25, 0.3) is 0 Å². The maximum Gasteiger partial charge on any atom is -0.00256 e. The van der Waals surface area contributed by atoms with E-state index in [-0.39, 0.29) is 0 Å². The van der Waals surface area contributed by atoms with E-state index >= 15 is 0 Å². The molecule has 0 fully saturated rings. The fourth-order valence-corrected chi connectivity index (χ4v) is 9.48. The molecule has 0 saturated heterocycles. The van der Waals surface area contributed by atoms with Gasteiger partial charge in [-0.25, -0.2) is 0 Å². The predicted octanol–water partition coefficient (Wildman–Crippen LogP) is 15.0. The molecule has 0 bridgehead atoms. The maximum atomic E-state index is 2.40. The molecule has 0 spiro atoms. The number of aryl methyl sites for hydroxylation is 2. The molecule has 0 amide bonds. The van der Waals surface area contributed by atoms with Gasteiger partial charge in [0.1, 0.15) is 0 Å². The van der Waals surface area contributed by atoms with E-state index in [0.29, 0.717) is 0 Å². The Kier molecular flexibility index (Phi) is 13.5. The highest BCUT2D eigenvalue weighted by Crippen LogP contribution is 2.23. The molecular weight excluding hydrogens is 769 g/mol. The monoisotopic (exact) mass is 826 g/mol. The summed E-state index contributed by atoms with van der Waals surface area (Å²) in [6, 6.07) is 81.7. The Hall–Kier alpha value is -7.02. The van der Waals surface area contributed by atoms with Crippen LogP contribution in [-0.4, -0.2) is 0 Å². The SMILES string of the molecule is Cc1cccc(Cc2cccc(Cc3cccc(Cc4cccc(Cc5cccc(Cc6cccc(Cc7cccc(Cc8cccc(Cc9cccc(C)c9)c8)c7)c6)c5)c4)c3)c2)c1. The van der Waals surface area contributed by atoms with Crippen molar-refractivity contribution in [3.8, 4) is 0 Å². The molecule has 0 aliphatic heterocycles. The quantitative estimate of drug-likeness (QED) is 0.0910. The molecule has 9 rings (SSSR count). The predicted molar refractivity (Wildman–Crippen MR) is 270 cm³/mol. The second kappa shape index (κ2) is 20.4. The van der Waals surface area contributed by atoms with Crippen LogP contribution in [0.1, 0.15) is 100 Å². The van der Waals surface area contributed by atoms with Crippen molar-refractivity contribution in [1.82, 2.24) is 0 Å². The van der Waals surface area contributed by atoms with Gasteiger partial charge in [-0.15, -0.1) is 0 Å². The molecule has 0 heteroatoms. The fraction of sp³-hybridized carbons (Fsp3) is 0.156. The summed E-state index contributed by atoms with van der Waals surface area (Å²) in [5.74, 6) is 0. The van der Waals surface area contributed by atoms with Crippen LogP contribution in [0.2, 0.25) is 0 Å². The van der Waals surface area contributed by atoms with Gasteiger partial charge in [-0.1, -0.05) is 230 Å². The standard InChI is InChI=1S/C64H58/c1-47-12-3-14-49(30-47)32-51-16-5-18-53(34-51)36-55-20-7-22-57(38-55)40-59-24-9-26-61(42-59)44-63-28-11-29-64(46-63)45-62-27-10-25-60(43-62)41-58-23-8-21-56(39-58)37-54-19-6-17-52(35-54)33-50-15-4-13-48(2)31-50/h3-31,34-35,38-39,42-43,46H,32-33,36-37,40-41,44-45H2,1-2H3. The van der Waals surface area contributed by atoms with Crippen molar-refractivity contribution in [2.24, 2.45) is 0 Å². The van der Waals surface area contributed by atoms with Crippen molar-refractivity contribution in [2.75, 3.05) is 0 Å². The van der Waals surface area contributed by atoms with Gasteiger partial charge in [0.05, 0.1) is 0 Å². The zero-order valence-electron chi connectivity index (χ0n) is 37.4. The van der Waals surface area contributed by atoms with E-state index in [1.807, 2.05) is 0 Å². The zero-order chi connectivity index (χ0) is 43.5. The van der Waals surface area contributed by atoms with Crippen LogP contribution < -0.4 is 0 Å². The third kappa shape index (κ3) is 12.1. The van der Waals surface area contributed by atoms with Gasteiger partial charge >= 0.3 is 0 Å². The average molecular weight is 827 g/mol. The second-order valence-corrected chi connectivity index (χ2v) is 18.1. The molecule has 0 unspecified atom stereocenters. The van der Waals surface area contributed by atoms with Crippen LogP contribution in [-0.2, 0) is 51.4 Å². The number of benzene rings is 9. The molecule has 0 radical (unpaired) electrons. The van der Waals surface area contributed by atoms with E-state index in [1.165, 1.54) is 100 Å². The minimum Gasteiger partial charge on any atom is -0.0617 e. The van der Waals surface area contributed by atoms with Crippen molar-refractivity contribution >= 4 is 0 Å². The smallest absolute Gasteiger partial charge is 0.00256 e. The Labute approximate surface area is 382 Å². The van der Waals surface area contributed by atoms with E-state index < -0.39 is 0 Å². The fourth-order valence-electron chi connectivity index (χ4n) is 9.48. The van der Waals surface area contributed by atoms with Crippen LogP contribution in [0.4, 0.5) is 0 Å². The van der Waals surface area contributed by atoms with Crippen LogP contribution >= 0.6 is 0 Å². The number of rotatable bonds is 16. The van der Waals surface area contributed by atoms with Crippen molar-refractivity contribution < 1.29 is 0 Å². The van der Waals surface area contributed by atoms with E-state index in [1.54, 1.807) is 0 Å². The van der Waals surface area contributed by atoms with Crippen LogP contribution in [0, 0.1) is 13.8 Å². The summed E-state index contributed by atoms with van der Waals surface area (Å²) in [6.45, 7) is 4.33. The molecular formula is C64H58. The highest BCUT2D eigenvalue weighted by molar-refractivity contribution is 5.41. The van der Waals surface area contributed by atoms with Crippen molar-refractivity contribution in [3.63, 3.8) is 0 Å². The first kappa shape index (κ1) is 42.3. The lowest BCUT2D eigenvalue weighted by atomic mass is 9.94. The summed E-state index contributed by atoms with van der Waals surface area (Å²) in [5.41, 5.74) is 24.4. The Morgan fingerprint density at radius 1 is 0.172 bits per heavy atom. The summed E-state index contributed by atoms with van der Waals surface area (Å²) >= 11 is 0. The molecule has 0 heterocycles. The molecule has 0 aliphatic rings. The first-order valence-electron chi connectivity index (χ1n) is 23.0. The number of hydrogen-bond acceptors (Lipinski definition) is 0. The van der Waals surface area contributed by atoms with Gasteiger partial charge in [0.15, 0.2) is 0 Å². The molecule has 0 N–H and O–H groups in total. The largest absolute Gasteiger partial charge is 0.0617 e. The Bertz CT molecular complexity index is 2780. The maximum absolute atomic E-state index is 2.40. The van der Waals surface area contributed by atoms with Gasteiger partial charge in [-0.3, -0.25) is 0 Å². The highest BCUT2D eigenvalue weighted by Gasteiger charge is 2.08. The van der Waals surface area contributed by atoms with Gasteiger partial charge in [0.25, 0.3) is 0 Å². The topological polar surface area (TPSA) is 0 Å². The summed E-state index contributed by atoms with van der Waals surface area (Å²) in [4.78, 5) is 0. The summed E-state index contributed by atoms with van der Waals surface area (Å²) < 4.78 is 0. The first-order valence-corrected chi connectivity index (χ1v) is 23.0. The molecule has 9 aromatic rings. The zero-order valence-corrected chi connectivity index (χ0v) is 37.4. The van der Waals surface area contributed by atoms with Gasteiger partial charge < -0.3 is 0 Å². The molecule has 0 saturated carbocycles. The van der Waals surface area contributed by atoms with Crippen molar-refractivity contribution in [1.29, 1.82) is 0 Å². The molecule has 0 atom stereocenters. The Morgan fingerprint density at radius 2 is 0.297 bits per heavy atom. The molecule has 64 heavy (non-hydrogen) atoms. The molecule has 0 aromatic heterocycles. The van der Waals surface area contributed by atoms with Gasteiger partial charge in [0.2, 0.25) is 0 Å². The highest BCUT2D eigenvalue weighted by atomic mass is 14.1. The van der Waals surface area contributed by atoms with Gasteiger partial charge in [-0.05, 0) is 154 Å². The van der Waals surface area contributed by atoms with Crippen molar-refractivity contribution in [2.45, 2.75) is 65.2 Å². The Balaban J connectivity index is 0.798. The van der Waals surface area contributed by atoms with Crippen LogP contribution in [0.15, 0.2) is 218 Å². The van der Waals surface area contributed by atoms with E-state index in [2.05, 4.69) is 232 Å². The third-order valence-electron chi connectivity index (χ3n) is 12.4. The normalized spacial score (nSPS) is 11.2. The molecule has 0 aliphatic carbocycles. The second-order valence-electron chi connectivity index (χ2n) is 18.1. The average Bonchev–Trinajstić information content (AvgIpc) is 3.27. The van der Waals surface area contributed by atoms with E-state index in [0.717, 1.165) is 51.4 Å². The third-order valence-corrected chi connectivity index (χ3v) is 12.4. The summed E-state index contributed by atoms with van der Waals surface area (Å²) in [7, 11) is 0. The Morgan fingerprint density at radius 3 is 0.438 bits per heavy atom. The van der Waals surface area contributed by atoms with Crippen LogP contribution in [0.5, 0.6) is 0 Å².